The van der Waals surface area contributed by atoms with Crippen LogP contribution in [0.15, 0.2) is 11.6 Å². The highest BCUT2D eigenvalue weighted by molar-refractivity contribution is 6.00. The van der Waals surface area contributed by atoms with Crippen molar-refractivity contribution in [2.24, 2.45) is 0 Å². The molecule has 0 saturated heterocycles. The summed E-state index contributed by atoms with van der Waals surface area (Å²) < 4.78 is 0. The molecule has 68 valence electrons. The summed E-state index contributed by atoms with van der Waals surface area (Å²) in [6, 6.07) is 0. The minimum absolute atomic E-state index is 0.0692. The summed E-state index contributed by atoms with van der Waals surface area (Å²) >= 11 is 0. The van der Waals surface area contributed by atoms with Crippen molar-refractivity contribution in [1.82, 2.24) is 0 Å². The average Bonchev–Trinajstić information content (AvgIpc) is 2.08. The van der Waals surface area contributed by atoms with Crippen LogP contribution in [0.3, 0.4) is 0 Å². The molecule has 5 heteroatoms. The molecule has 0 aliphatic heterocycles. The molecule has 0 heterocycles. The molecule has 0 aromatic carbocycles. The van der Waals surface area contributed by atoms with E-state index in [1.807, 2.05) is 0 Å². The fourth-order valence-electron chi connectivity index (χ4n) is 1.05. The van der Waals surface area contributed by atoms with Crippen LogP contribution < -0.4 is 0 Å². The van der Waals surface area contributed by atoms with Crippen LogP contribution in [0.4, 0.5) is 0 Å². The Kier molecular flexibility index (Phi) is 2.58. The molecule has 0 fully saturated rings. The predicted molar refractivity (Wildman–Crippen MR) is 38.2 cm³/mol. The van der Waals surface area contributed by atoms with Crippen molar-refractivity contribution in [2.45, 2.75) is 18.3 Å². The first kappa shape index (κ1) is 9.34. The van der Waals surface area contributed by atoms with Gasteiger partial charge >= 0.3 is 0 Å². The predicted octanol–water partition coefficient (Wildman–Crippen LogP) is -2.43. The number of hydrogen-bond donors (Lipinski definition) is 4. The second-order valence-electron chi connectivity index (χ2n) is 2.64. The molecule has 5 nitrogen and oxygen atoms in total. The molecular formula is C7H10O5. The average molecular weight is 177 g/mol. The molecule has 0 aromatic heterocycles. The molecule has 3 atom stereocenters. The van der Waals surface area contributed by atoms with Gasteiger partial charge in [0.15, 0.2) is 5.78 Å². The summed E-state index contributed by atoms with van der Waals surface area (Å²) in [7, 11) is 0. The highest BCUT2D eigenvalue weighted by atomic mass is 16.4. The zero-order chi connectivity index (χ0) is 9.30. The van der Waals surface area contributed by atoms with Gasteiger partial charge in [-0.05, 0) is 6.08 Å². The van der Waals surface area contributed by atoms with Crippen molar-refractivity contribution < 1.29 is 25.2 Å². The maximum absolute atomic E-state index is 11.0. The molecule has 1 aliphatic rings. The van der Waals surface area contributed by atoms with E-state index in [0.717, 1.165) is 6.08 Å². The Hall–Kier alpha value is -0.750. The maximum Gasteiger partial charge on any atom is 0.192 e. The van der Waals surface area contributed by atoms with Crippen molar-refractivity contribution in [2.75, 3.05) is 6.61 Å². The normalized spacial score (nSPS) is 36.5. The molecule has 1 aliphatic carbocycles. The summed E-state index contributed by atoms with van der Waals surface area (Å²) in [6.45, 7) is -0.542. The highest BCUT2D eigenvalue weighted by Crippen LogP contribution is 2.15. The number of aliphatic hydroxyl groups is 4. The van der Waals surface area contributed by atoms with E-state index in [9.17, 15) is 4.79 Å². The topological polar surface area (TPSA) is 98.0 Å². The smallest absolute Gasteiger partial charge is 0.192 e. The van der Waals surface area contributed by atoms with Gasteiger partial charge in [-0.3, -0.25) is 4.79 Å². The molecule has 12 heavy (non-hydrogen) atoms. The minimum atomic E-state index is -1.63. The first-order chi connectivity index (χ1) is 5.57. The van der Waals surface area contributed by atoms with Gasteiger partial charge in [0.1, 0.15) is 18.3 Å². The van der Waals surface area contributed by atoms with Crippen molar-refractivity contribution in [3.05, 3.63) is 11.6 Å². The van der Waals surface area contributed by atoms with Crippen LogP contribution in [-0.4, -0.2) is 51.1 Å². The summed E-state index contributed by atoms with van der Waals surface area (Å²) in [5.41, 5.74) is -0.0692. The Balaban J connectivity index is 2.92. The van der Waals surface area contributed by atoms with Gasteiger partial charge in [0, 0.05) is 5.57 Å². The van der Waals surface area contributed by atoms with E-state index >= 15 is 0 Å². The molecule has 0 radical (unpaired) electrons. The van der Waals surface area contributed by atoms with E-state index in [1.165, 1.54) is 0 Å². The van der Waals surface area contributed by atoms with Crippen LogP contribution in [0.1, 0.15) is 0 Å². The van der Waals surface area contributed by atoms with E-state index < -0.39 is 30.7 Å². The quantitative estimate of drug-likeness (QED) is 0.334. The van der Waals surface area contributed by atoms with Gasteiger partial charge in [0.2, 0.25) is 0 Å². The first-order valence-electron chi connectivity index (χ1n) is 3.48. The third-order valence-electron chi connectivity index (χ3n) is 1.80. The molecular weight excluding hydrogens is 167 g/mol. The summed E-state index contributed by atoms with van der Waals surface area (Å²) in [5.74, 6) is -0.740. The van der Waals surface area contributed by atoms with Crippen LogP contribution in [0.2, 0.25) is 0 Å². The molecule has 4 N–H and O–H groups in total. The lowest BCUT2D eigenvalue weighted by Gasteiger charge is -2.25. The van der Waals surface area contributed by atoms with Gasteiger partial charge in [0.05, 0.1) is 6.61 Å². The first-order valence-corrected chi connectivity index (χ1v) is 3.48. The maximum atomic E-state index is 11.0. The second-order valence-corrected chi connectivity index (χ2v) is 2.64. The number of Topliss-reactive ketones (excluding diaryl/α,β-unsaturated/α-hetero) is 1. The molecule has 0 bridgehead atoms. The standard InChI is InChI=1S/C7H10O5/c8-2-3-1-4(9)6(11)7(12)5(3)10/h1,4,6-9,11-12H,2H2/t4-,6-,7+/m1/s1/i1+1,2+1,5+1. The number of rotatable bonds is 1. The molecule has 0 amide bonds. The van der Waals surface area contributed by atoms with Crippen molar-refractivity contribution in [3.63, 3.8) is 0 Å². The fraction of sp³-hybridized carbons (Fsp3) is 0.571. The van der Waals surface area contributed by atoms with Crippen LogP contribution in [0.5, 0.6) is 0 Å². The van der Waals surface area contributed by atoms with E-state index in [2.05, 4.69) is 0 Å². The van der Waals surface area contributed by atoms with E-state index in [1.54, 1.807) is 0 Å². The van der Waals surface area contributed by atoms with Gasteiger partial charge in [-0.25, -0.2) is 0 Å². The minimum Gasteiger partial charge on any atom is -0.392 e. The van der Waals surface area contributed by atoms with Gasteiger partial charge in [-0.15, -0.1) is 0 Å². The SMILES string of the molecule is O=[13C]1C([13CH2]O)=[13CH][C@@H](O)[C@@H](O)[C@H]1O. The van der Waals surface area contributed by atoms with Crippen LogP contribution in [-0.2, 0) is 4.79 Å². The van der Waals surface area contributed by atoms with Crippen LogP contribution in [0.25, 0.3) is 0 Å². The van der Waals surface area contributed by atoms with Crippen molar-refractivity contribution in [1.29, 1.82) is 0 Å². The summed E-state index contributed by atoms with van der Waals surface area (Å²) in [4.78, 5) is 11.0. The Bertz CT molecular complexity index is 222. The van der Waals surface area contributed by atoms with Gasteiger partial charge in [0.25, 0.3) is 0 Å². The lowest BCUT2D eigenvalue weighted by molar-refractivity contribution is -0.135. The summed E-state index contributed by atoms with van der Waals surface area (Å²) in [6.07, 6.45) is -3.38. The van der Waals surface area contributed by atoms with Crippen LogP contribution >= 0.6 is 0 Å². The Morgan fingerprint density at radius 2 is 1.92 bits per heavy atom. The van der Waals surface area contributed by atoms with E-state index in [0.29, 0.717) is 0 Å². The highest BCUT2D eigenvalue weighted by Gasteiger charge is 2.35. The van der Waals surface area contributed by atoms with Gasteiger partial charge in [-0.1, -0.05) is 0 Å². The Morgan fingerprint density at radius 3 is 2.42 bits per heavy atom. The fourth-order valence-corrected chi connectivity index (χ4v) is 1.05. The Morgan fingerprint density at radius 1 is 1.33 bits per heavy atom. The molecule has 0 aromatic rings. The molecule has 1 rings (SSSR count). The molecule has 0 spiro atoms. The monoisotopic (exact) mass is 177 g/mol. The number of ketones is 1. The number of carbonyl (C=O) groups excluding carboxylic acids is 1. The summed E-state index contributed by atoms with van der Waals surface area (Å²) in [5, 5.41) is 35.6. The zero-order valence-corrected chi connectivity index (χ0v) is 6.21. The van der Waals surface area contributed by atoms with E-state index in [4.69, 9.17) is 20.4 Å². The Labute approximate surface area is 68.6 Å². The number of carbonyl (C=O) groups is 1. The third-order valence-corrected chi connectivity index (χ3v) is 1.80. The second kappa shape index (κ2) is 3.32. The third kappa shape index (κ3) is 1.39. The van der Waals surface area contributed by atoms with Crippen molar-refractivity contribution in [3.8, 4) is 0 Å². The van der Waals surface area contributed by atoms with Gasteiger partial charge < -0.3 is 20.4 Å². The lowest BCUT2D eigenvalue weighted by atomic mass is 10.1. The lowest BCUT2D eigenvalue weighted by Crippen LogP contribution is -2.46. The number of hydrogen-bond acceptors (Lipinski definition) is 5. The largest absolute Gasteiger partial charge is 0.392 e. The van der Waals surface area contributed by atoms with Crippen molar-refractivity contribution >= 4 is 5.78 Å². The zero-order valence-electron chi connectivity index (χ0n) is 6.21. The van der Waals surface area contributed by atoms with E-state index in [-0.39, 0.29) is 5.57 Å². The molecule has 0 unspecified atom stereocenters. The molecule has 0 saturated carbocycles. The number of aliphatic hydroxyl groups excluding tert-OH is 4. The van der Waals surface area contributed by atoms with Crippen LogP contribution in [0, 0.1) is 0 Å². The van der Waals surface area contributed by atoms with Gasteiger partial charge in [-0.2, -0.15) is 0 Å².